The molecular formula is C12H14N2O4S. The number of hydrogen-bond donors (Lipinski definition) is 4. The molecule has 0 heterocycles. The summed E-state index contributed by atoms with van der Waals surface area (Å²) >= 11 is 0. The first-order valence-corrected chi connectivity index (χ1v) is 6.62. The van der Waals surface area contributed by atoms with Gasteiger partial charge in [-0.25, -0.2) is 0 Å². The van der Waals surface area contributed by atoms with Gasteiger partial charge in [-0.2, -0.15) is 8.42 Å². The normalized spacial score (nSPS) is 10.2. The molecule has 0 aliphatic carbocycles. The number of para-hydroxylation sites is 1. The van der Waals surface area contributed by atoms with Gasteiger partial charge in [0.2, 0.25) is 0 Å². The summed E-state index contributed by atoms with van der Waals surface area (Å²) in [5.41, 5.74) is 8.50. The molecule has 102 valence electrons. The van der Waals surface area contributed by atoms with Gasteiger partial charge in [-0.3, -0.25) is 9.11 Å². The molecule has 2 aromatic carbocycles. The van der Waals surface area contributed by atoms with Gasteiger partial charge in [-0.15, -0.1) is 0 Å². The summed E-state index contributed by atoms with van der Waals surface area (Å²) in [4.78, 5) is 0. The Kier molecular flexibility index (Phi) is 5.31. The van der Waals surface area contributed by atoms with Gasteiger partial charge in [-0.1, -0.05) is 18.2 Å². The second-order valence-corrected chi connectivity index (χ2v) is 4.46. The van der Waals surface area contributed by atoms with E-state index in [-0.39, 0.29) is 0 Å². The molecule has 0 saturated heterocycles. The fourth-order valence-corrected chi connectivity index (χ4v) is 1.25. The van der Waals surface area contributed by atoms with Crippen LogP contribution < -0.4 is 11.1 Å². The molecular weight excluding hydrogens is 268 g/mol. The molecule has 7 heteroatoms. The van der Waals surface area contributed by atoms with Crippen molar-refractivity contribution in [2.75, 3.05) is 11.1 Å². The number of nitrogen functional groups attached to an aromatic ring is 1. The van der Waals surface area contributed by atoms with Crippen molar-refractivity contribution in [3.63, 3.8) is 0 Å². The minimum atomic E-state index is -4.67. The monoisotopic (exact) mass is 282 g/mol. The highest BCUT2D eigenvalue weighted by Crippen LogP contribution is 2.16. The molecule has 0 aliphatic rings. The van der Waals surface area contributed by atoms with Crippen LogP contribution in [0.25, 0.3) is 0 Å². The third-order valence-electron chi connectivity index (χ3n) is 1.97. The number of nitrogens with one attached hydrogen (secondary N) is 1. The summed E-state index contributed by atoms with van der Waals surface area (Å²) in [5, 5.41) is 3.28. The van der Waals surface area contributed by atoms with E-state index in [0.29, 0.717) is 0 Å². The Morgan fingerprint density at radius 2 is 1.26 bits per heavy atom. The number of rotatable bonds is 2. The molecule has 0 fully saturated rings. The molecule has 0 saturated carbocycles. The summed E-state index contributed by atoms with van der Waals surface area (Å²) in [7, 11) is -4.67. The Hall–Kier alpha value is -2.09. The maximum absolute atomic E-state index is 8.74. The van der Waals surface area contributed by atoms with Crippen LogP contribution in [-0.2, 0) is 10.4 Å². The predicted octanol–water partition coefficient (Wildman–Crippen LogP) is 2.36. The first-order valence-electron chi connectivity index (χ1n) is 5.22. The van der Waals surface area contributed by atoms with Gasteiger partial charge in [0.15, 0.2) is 0 Å². The van der Waals surface area contributed by atoms with Crippen molar-refractivity contribution in [3.05, 3.63) is 54.6 Å². The molecule has 5 N–H and O–H groups in total. The lowest BCUT2D eigenvalue weighted by molar-refractivity contribution is 0.381. The van der Waals surface area contributed by atoms with E-state index in [1.807, 2.05) is 54.6 Å². The zero-order valence-corrected chi connectivity index (χ0v) is 10.7. The predicted molar refractivity (Wildman–Crippen MR) is 74.8 cm³/mol. The maximum Gasteiger partial charge on any atom is 0.394 e. The minimum Gasteiger partial charge on any atom is -0.399 e. The highest BCUT2D eigenvalue weighted by Gasteiger charge is 1.92. The summed E-state index contributed by atoms with van der Waals surface area (Å²) in [6.07, 6.45) is 0. The Balaban J connectivity index is 0.000000312. The molecule has 0 unspecified atom stereocenters. The second kappa shape index (κ2) is 6.74. The Morgan fingerprint density at radius 3 is 1.74 bits per heavy atom. The van der Waals surface area contributed by atoms with E-state index in [1.54, 1.807) is 0 Å². The number of hydrogen-bond acceptors (Lipinski definition) is 4. The quantitative estimate of drug-likeness (QED) is 0.497. The van der Waals surface area contributed by atoms with Gasteiger partial charge >= 0.3 is 10.4 Å². The lowest BCUT2D eigenvalue weighted by Gasteiger charge is -2.05. The third kappa shape index (κ3) is 7.77. The van der Waals surface area contributed by atoms with Crippen LogP contribution >= 0.6 is 0 Å². The minimum absolute atomic E-state index is 0.781. The van der Waals surface area contributed by atoms with E-state index in [9.17, 15) is 0 Å². The fourth-order valence-electron chi connectivity index (χ4n) is 1.25. The lowest BCUT2D eigenvalue weighted by atomic mass is 10.2. The molecule has 6 nitrogen and oxygen atoms in total. The van der Waals surface area contributed by atoms with Gasteiger partial charge in [0.25, 0.3) is 0 Å². The van der Waals surface area contributed by atoms with Crippen molar-refractivity contribution in [2.24, 2.45) is 0 Å². The van der Waals surface area contributed by atoms with Crippen LogP contribution in [0.4, 0.5) is 17.1 Å². The Labute approximate surface area is 111 Å². The third-order valence-corrected chi connectivity index (χ3v) is 1.97. The summed E-state index contributed by atoms with van der Waals surface area (Å²) in [5.74, 6) is 0. The van der Waals surface area contributed by atoms with E-state index in [4.69, 9.17) is 23.3 Å². The van der Waals surface area contributed by atoms with Crippen molar-refractivity contribution in [1.29, 1.82) is 0 Å². The van der Waals surface area contributed by atoms with E-state index in [0.717, 1.165) is 17.1 Å². The highest BCUT2D eigenvalue weighted by molar-refractivity contribution is 7.79. The fraction of sp³-hybridized carbons (Fsp3) is 0. The molecule has 2 aromatic rings. The molecule has 19 heavy (non-hydrogen) atoms. The molecule has 0 aromatic heterocycles. The SMILES string of the molecule is Nc1ccc(Nc2ccccc2)cc1.O=S(=O)(O)O. The van der Waals surface area contributed by atoms with E-state index in [1.165, 1.54) is 0 Å². The van der Waals surface area contributed by atoms with Crippen molar-refractivity contribution >= 4 is 27.5 Å². The van der Waals surface area contributed by atoms with Crippen LogP contribution in [0.5, 0.6) is 0 Å². The molecule has 0 amide bonds. The topological polar surface area (TPSA) is 113 Å². The van der Waals surface area contributed by atoms with Crippen LogP contribution in [0.2, 0.25) is 0 Å². The number of anilines is 3. The highest BCUT2D eigenvalue weighted by atomic mass is 32.3. The van der Waals surface area contributed by atoms with Crippen LogP contribution in [0.15, 0.2) is 54.6 Å². The zero-order valence-electron chi connectivity index (χ0n) is 9.89. The Bertz CT molecular complexity index is 589. The van der Waals surface area contributed by atoms with Gasteiger partial charge in [0, 0.05) is 17.1 Å². The van der Waals surface area contributed by atoms with E-state index < -0.39 is 10.4 Å². The van der Waals surface area contributed by atoms with Gasteiger partial charge < -0.3 is 11.1 Å². The average Bonchev–Trinajstić information content (AvgIpc) is 2.31. The van der Waals surface area contributed by atoms with Crippen molar-refractivity contribution in [3.8, 4) is 0 Å². The molecule has 0 spiro atoms. The first-order chi connectivity index (χ1) is 8.84. The van der Waals surface area contributed by atoms with E-state index in [2.05, 4.69) is 5.32 Å². The van der Waals surface area contributed by atoms with Crippen LogP contribution in [0, 0.1) is 0 Å². The van der Waals surface area contributed by atoms with E-state index >= 15 is 0 Å². The summed E-state index contributed by atoms with van der Waals surface area (Å²) < 4.78 is 31.6. The molecule has 0 aliphatic heterocycles. The van der Waals surface area contributed by atoms with Gasteiger partial charge in [-0.05, 0) is 36.4 Å². The summed E-state index contributed by atoms with van der Waals surface area (Å²) in [6.45, 7) is 0. The van der Waals surface area contributed by atoms with Gasteiger partial charge in [0.1, 0.15) is 0 Å². The summed E-state index contributed by atoms with van der Waals surface area (Å²) in [6, 6.07) is 17.7. The first kappa shape index (κ1) is 15.0. The molecule has 0 atom stereocenters. The van der Waals surface area contributed by atoms with Gasteiger partial charge in [0.05, 0.1) is 0 Å². The van der Waals surface area contributed by atoms with Crippen LogP contribution in [-0.4, -0.2) is 17.5 Å². The lowest BCUT2D eigenvalue weighted by Crippen LogP contribution is -1.90. The number of nitrogens with two attached hydrogens (primary N) is 1. The smallest absolute Gasteiger partial charge is 0.394 e. The largest absolute Gasteiger partial charge is 0.399 e. The molecule has 2 rings (SSSR count). The van der Waals surface area contributed by atoms with Crippen molar-refractivity contribution < 1.29 is 17.5 Å². The molecule has 0 radical (unpaired) electrons. The average molecular weight is 282 g/mol. The maximum atomic E-state index is 8.74. The standard InChI is InChI=1S/C12H12N2.H2O4S/c13-10-6-8-12(9-7-10)14-11-4-2-1-3-5-11;1-5(2,3)4/h1-9,14H,13H2;(H2,1,2,3,4). The number of benzene rings is 2. The van der Waals surface area contributed by atoms with Crippen LogP contribution in [0.1, 0.15) is 0 Å². The van der Waals surface area contributed by atoms with Crippen molar-refractivity contribution in [1.82, 2.24) is 0 Å². The van der Waals surface area contributed by atoms with Crippen molar-refractivity contribution in [2.45, 2.75) is 0 Å². The van der Waals surface area contributed by atoms with Crippen LogP contribution in [0.3, 0.4) is 0 Å². The second-order valence-electron chi connectivity index (χ2n) is 3.56. The zero-order chi connectivity index (χ0) is 14.3. The molecule has 0 bridgehead atoms. The Morgan fingerprint density at radius 1 is 0.842 bits per heavy atom.